The van der Waals surface area contributed by atoms with E-state index in [1.807, 2.05) is 0 Å². The van der Waals surface area contributed by atoms with Crippen LogP contribution in [0.5, 0.6) is 0 Å². The Morgan fingerprint density at radius 1 is 1.00 bits per heavy atom. The van der Waals surface area contributed by atoms with E-state index in [9.17, 15) is 0 Å². The van der Waals surface area contributed by atoms with Gasteiger partial charge in [-0.3, -0.25) is 0 Å². The summed E-state index contributed by atoms with van der Waals surface area (Å²) in [5.74, 6) is 1.69. The molecule has 0 N–H and O–H groups in total. The lowest BCUT2D eigenvalue weighted by molar-refractivity contribution is 0.636. The number of hydrogen-bond donors (Lipinski definition) is 0. The van der Waals surface area contributed by atoms with Crippen LogP contribution < -0.4 is 9.80 Å². The summed E-state index contributed by atoms with van der Waals surface area (Å²) in [5, 5.41) is 0.561. The van der Waals surface area contributed by atoms with Gasteiger partial charge in [0.2, 0.25) is 5.95 Å². The molecule has 2 aromatic rings. The second kappa shape index (κ2) is 5.03. The summed E-state index contributed by atoms with van der Waals surface area (Å²) in [4.78, 5) is 12.8. The van der Waals surface area contributed by atoms with Crippen molar-refractivity contribution in [2.75, 3.05) is 36.0 Å². The fourth-order valence-electron chi connectivity index (χ4n) is 1.90. The molecule has 2 aromatic heterocycles. The van der Waals surface area contributed by atoms with Crippen molar-refractivity contribution in [3.63, 3.8) is 0 Å². The monoisotopic (exact) mass is 282 g/mol. The zero-order valence-corrected chi connectivity index (χ0v) is 11.1. The van der Waals surface area contributed by atoms with Crippen LogP contribution >= 0.6 is 23.3 Å². The normalized spacial score (nSPS) is 16.1. The third-order valence-electron chi connectivity index (χ3n) is 2.84. The Bertz CT molecular complexity index is 494. The first-order valence-electron chi connectivity index (χ1n) is 5.58. The molecule has 94 valence electrons. The molecule has 1 saturated heterocycles. The Hall–Kier alpha value is -1.47. The molecule has 0 radical (unpaired) electrons. The molecule has 0 atom stereocenters. The number of nitrogens with zero attached hydrogens (tertiary/aromatic N) is 6. The van der Waals surface area contributed by atoms with Gasteiger partial charge in [-0.1, -0.05) is 11.6 Å². The molecule has 1 fully saturated rings. The summed E-state index contributed by atoms with van der Waals surface area (Å²) in [6.45, 7) is 3.55. The smallest absolute Gasteiger partial charge is 0.225 e. The predicted molar refractivity (Wildman–Crippen MR) is 71.4 cm³/mol. The second-order valence-corrected chi connectivity index (χ2v) is 4.93. The highest BCUT2D eigenvalue weighted by Gasteiger charge is 2.20. The highest BCUT2D eigenvalue weighted by atomic mass is 35.5. The van der Waals surface area contributed by atoms with E-state index in [2.05, 4.69) is 28.5 Å². The third-order valence-corrected chi connectivity index (χ3v) is 3.51. The van der Waals surface area contributed by atoms with Crippen LogP contribution in [0.15, 0.2) is 18.6 Å². The Labute approximate surface area is 114 Å². The van der Waals surface area contributed by atoms with Crippen molar-refractivity contribution in [2.45, 2.75) is 0 Å². The van der Waals surface area contributed by atoms with Crippen molar-refractivity contribution in [1.29, 1.82) is 0 Å². The van der Waals surface area contributed by atoms with E-state index < -0.39 is 0 Å². The van der Waals surface area contributed by atoms with Gasteiger partial charge in [-0.05, 0) is 0 Å². The summed E-state index contributed by atoms with van der Waals surface area (Å²) >= 11 is 7.01. The summed E-state index contributed by atoms with van der Waals surface area (Å²) < 4.78 is 8.26. The number of hydrogen-bond acceptors (Lipinski definition) is 7. The van der Waals surface area contributed by atoms with Crippen molar-refractivity contribution in [3.05, 3.63) is 23.6 Å². The lowest BCUT2D eigenvalue weighted by atomic mass is 10.3. The zero-order chi connectivity index (χ0) is 12.4. The minimum atomic E-state index is 0.561. The minimum Gasteiger partial charge on any atom is -0.351 e. The van der Waals surface area contributed by atoms with Crippen LogP contribution in [0.25, 0.3) is 0 Å². The lowest BCUT2D eigenvalue weighted by Crippen LogP contribution is -2.47. The molecule has 18 heavy (non-hydrogen) atoms. The van der Waals surface area contributed by atoms with Gasteiger partial charge < -0.3 is 9.80 Å². The van der Waals surface area contributed by atoms with E-state index in [0.717, 1.165) is 37.9 Å². The van der Waals surface area contributed by atoms with Crippen LogP contribution in [-0.2, 0) is 0 Å². The van der Waals surface area contributed by atoms with E-state index in [1.54, 1.807) is 18.6 Å². The molecule has 0 aliphatic carbocycles. The van der Waals surface area contributed by atoms with Crippen LogP contribution in [-0.4, -0.2) is 44.9 Å². The van der Waals surface area contributed by atoms with Crippen LogP contribution in [0.2, 0.25) is 5.02 Å². The van der Waals surface area contributed by atoms with Gasteiger partial charge in [0.15, 0.2) is 5.82 Å². The molecule has 0 amide bonds. The highest BCUT2D eigenvalue weighted by Crippen LogP contribution is 2.16. The first-order valence-corrected chi connectivity index (χ1v) is 6.69. The van der Waals surface area contributed by atoms with Gasteiger partial charge in [0.05, 0.1) is 35.3 Å². The maximum absolute atomic E-state index is 5.78. The zero-order valence-electron chi connectivity index (χ0n) is 9.53. The van der Waals surface area contributed by atoms with Crippen molar-refractivity contribution < 1.29 is 0 Å². The molecule has 1 aliphatic rings. The fraction of sp³-hybridized carbons (Fsp3) is 0.400. The molecule has 6 nitrogen and oxygen atoms in total. The Kier molecular flexibility index (Phi) is 3.24. The molecular formula is C10H11ClN6S. The maximum atomic E-state index is 5.78. The molecule has 3 heterocycles. The molecule has 1 aliphatic heterocycles. The van der Waals surface area contributed by atoms with Gasteiger partial charge in [0, 0.05) is 26.2 Å². The molecule has 0 saturated carbocycles. The van der Waals surface area contributed by atoms with E-state index in [1.165, 1.54) is 11.7 Å². The Balaban J connectivity index is 1.65. The van der Waals surface area contributed by atoms with Crippen molar-refractivity contribution in [1.82, 2.24) is 18.7 Å². The largest absolute Gasteiger partial charge is 0.351 e. The minimum absolute atomic E-state index is 0.561. The lowest BCUT2D eigenvalue weighted by Gasteiger charge is -2.34. The first-order chi connectivity index (χ1) is 8.83. The maximum Gasteiger partial charge on any atom is 0.225 e. The fourth-order valence-corrected chi connectivity index (χ4v) is 2.44. The SMILES string of the molecule is Clc1cnc(N2CCN(c3cnsn3)CC2)nc1. The van der Waals surface area contributed by atoms with Crippen molar-refractivity contribution in [2.24, 2.45) is 0 Å². The molecule has 0 spiro atoms. The summed E-state index contributed by atoms with van der Waals surface area (Å²) in [6.07, 6.45) is 5.06. The van der Waals surface area contributed by atoms with Crippen LogP contribution in [0.4, 0.5) is 11.8 Å². The van der Waals surface area contributed by atoms with Gasteiger partial charge in [0.1, 0.15) is 0 Å². The Morgan fingerprint density at radius 2 is 1.67 bits per heavy atom. The van der Waals surface area contributed by atoms with Gasteiger partial charge in [-0.2, -0.15) is 8.75 Å². The average molecular weight is 283 g/mol. The van der Waals surface area contributed by atoms with E-state index in [-0.39, 0.29) is 0 Å². The van der Waals surface area contributed by atoms with Crippen LogP contribution in [0, 0.1) is 0 Å². The topological polar surface area (TPSA) is 58.0 Å². The first kappa shape index (κ1) is 11.6. The standard InChI is InChI=1S/C10H11ClN6S/c11-8-5-12-10(13-6-8)17-3-1-16(2-4-17)9-7-14-18-15-9/h5-7H,1-4H2. The third kappa shape index (κ3) is 2.37. The van der Waals surface area contributed by atoms with Crippen LogP contribution in [0.3, 0.4) is 0 Å². The number of aromatic nitrogens is 4. The van der Waals surface area contributed by atoms with E-state index >= 15 is 0 Å². The number of rotatable bonds is 2. The quantitative estimate of drug-likeness (QED) is 0.828. The van der Waals surface area contributed by atoms with E-state index in [0.29, 0.717) is 5.02 Å². The van der Waals surface area contributed by atoms with Crippen LogP contribution in [0.1, 0.15) is 0 Å². The van der Waals surface area contributed by atoms with Gasteiger partial charge in [-0.25, -0.2) is 9.97 Å². The number of anilines is 2. The van der Waals surface area contributed by atoms with Gasteiger partial charge in [-0.15, -0.1) is 0 Å². The molecule has 0 bridgehead atoms. The molecule has 0 aromatic carbocycles. The summed E-state index contributed by atoms with van der Waals surface area (Å²) in [7, 11) is 0. The summed E-state index contributed by atoms with van der Waals surface area (Å²) in [5.41, 5.74) is 0. The van der Waals surface area contributed by atoms with E-state index in [4.69, 9.17) is 11.6 Å². The number of piperazine rings is 1. The van der Waals surface area contributed by atoms with Gasteiger partial charge in [0.25, 0.3) is 0 Å². The number of halogens is 1. The molecular weight excluding hydrogens is 272 g/mol. The molecule has 8 heteroatoms. The van der Waals surface area contributed by atoms with Crippen molar-refractivity contribution in [3.8, 4) is 0 Å². The second-order valence-electron chi connectivity index (χ2n) is 3.94. The van der Waals surface area contributed by atoms with Gasteiger partial charge >= 0.3 is 0 Å². The average Bonchev–Trinajstić information content (AvgIpc) is 2.94. The predicted octanol–water partition coefficient (Wildman–Crippen LogP) is 1.31. The molecule has 3 rings (SSSR count). The Morgan fingerprint density at radius 3 is 2.28 bits per heavy atom. The molecule has 0 unspecified atom stereocenters. The van der Waals surface area contributed by atoms with Crippen molar-refractivity contribution >= 4 is 35.1 Å². The summed E-state index contributed by atoms with van der Waals surface area (Å²) in [6, 6.07) is 0. The highest BCUT2D eigenvalue weighted by molar-refractivity contribution is 6.99.